The van der Waals surface area contributed by atoms with Crippen molar-refractivity contribution in [3.05, 3.63) is 77.4 Å². The minimum Gasteiger partial charge on any atom is -0.545 e. The van der Waals surface area contributed by atoms with Gasteiger partial charge in [-0.2, -0.15) is 4.39 Å². The van der Waals surface area contributed by atoms with Crippen LogP contribution in [-0.2, 0) is 6.42 Å². The smallest absolute Gasteiger partial charge is 0.201 e. The Morgan fingerprint density at radius 2 is 1.34 bits per heavy atom. The Balaban J connectivity index is 1.79. The molecule has 0 aliphatic rings. The van der Waals surface area contributed by atoms with Crippen LogP contribution in [0.15, 0.2) is 54.6 Å². The molecule has 3 aromatic rings. The van der Waals surface area contributed by atoms with Crippen molar-refractivity contribution in [3.8, 4) is 28.0 Å². The van der Waals surface area contributed by atoms with Crippen LogP contribution >= 0.6 is 0 Å². The summed E-state index contributed by atoms with van der Waals surface area (Å²) < 4.78 is 35.5. The predicted molar refractivity (Wildman–Crippen MR) is 148 cm³/mol. The lowest BCUT2D eigenvalue weighted by molar-refractivity contribution is -0.254. The van der Waals surface area contributed by atoms with E-state index < -0.39 is 17.6 Å². The van der Waals surface area contributed by atoms with E-state index >= 15 is 4.39 Å². The molecule has 5 heteroatoms. The van der Waals surface area contributed by atoms with E-state index in [2.05, 4.69) is 26.0 Å². The van der Waals surface area contributed by atoms with E-state index in [0.717, 1.165) is 50.5 Å². The Bertz CT molecular complexity index is 1170. The summed E-state index contributed by atoms with van der Waals surface area (Å²) in [6.07, 6.45) is 12.2. The number of carbonyl (C=O) groups excluding carboxylic acids is 1. The molecule has 38 heavy (non-hydrogen) atoms. The summed E-state index contributed by atoms with van der Waals surface area (Å²) in [4.78, 5) is 11.8. The van der Waals surface area contributed by atoms with Crippen LogP contribution in [0, 0.1) is 11.6 Å². The van der Waals surface area contributed by atoms with Gasteiger partial charge in [0.15, 0.2) is 11.6 Å². The zero-order chi connectivity index (χ0) is 27.3. The largest absolute Gasteiger partial charge is 0.545 e. The molecule has 0 atom stereocenters. The molecule has 0 unspecified atom stereocenters. The average Bonchev–Trinajstić information content (AvgIpc) is 2.93. The average molecular weight is 522 g/mol. The third-order valence-corrected chi connectivity index (χ3v) is 6.94. The molecular weight excluding hydrogens is 482 g/mol. The Hall–Kier alpha value is -3.21. The van der Waals surface area contributed by atoms with Crippen LogP contribution in [0.5, 0.6) is 5.75 Å². The minimum absolute atomic E-state index is 0.0741. The lowest BCUT2D eigenvalue weighted by atomic mass is 9.93. The number of hydrogen-bond donors (Lipinski definition) is 0. The molecule has 0 radical (unpaired) electrons. The summed E-state index contributed by atoms with van der Waals surface area (Å²) in [7, 11) is 0. The molecule has 0 heterocycles. The van der Waals surface area contributed by atoms with Crippen molar-refractivity contribution in [3.63, 3.8) is 0 Å². The van der Waals surface area contributed by atoms with Crippen molar-refractivity contribution < 1.29 is 23.4 Å². The van der Waals surface area contributed by atoms with Crippen molar-refractivity contribution in [2.24, 2.45) is 0 Å². The van der Waals surface area contributed by atoms with Crippen molar-refractivity contribution in [2.75, 3.05) is 6.61 Å². The summed E-state index contributed by atoms with van der Waals surface area (Å²) >= 11 is 0. The fourth-order valence-corrected chi connectivity index (χ4v) is 4.66. The monoisotopic (exact) mass is 521 g/mol. The Labute approximate surface area is 225 Å². The first-order chi connectivity index (χ1) is 18.5. The number of hydrogen-bond acceptors (Lipinski definition) is 3. The highest BCUT2D eigenvalue weighted by Gasteiger charge is 2.19. The highest BCUT2D eigenvalue weighted by Crippen LogP contribution is 2.35. The fraction of sp³-hybridized carbons (Fsp3) is 0.424. The third-order valence-electron chi connectivity index (χ3n) is 6.94. The third kappa shape index (κ3) is 8.14. The summed E-state index contributed by atoms with van der Waals surface area (Å²) in [5, 5.41) is 11.8. The molecule has 0 aliphatic carbocycles. The van der Waals surface area contributed by atoms with Gasteiger partial charge in [0.05, 0.1) is 12.6 Å². The lowest BCUT2D eigenvalue weighted by Crippen LogP contribution is -2.23. The van der Waals surface area contributed by atoms with Crippen molar-refractivity contribution in [1.82, 2.24) is 0 Å². The number of ether oxygens (including phenoxy) is 1. The quantitative estimate of drug-likeness (QED) is 0.178. The zero-order valence-corrected chi connectivity index (χ0v) is 22.7. The first-order valence-corrected chi connectivity index (χ1v) is 14.0. The number of carbonyl (C=O) groups is 1. The van der Waals surface area contributed by atoms with Crippen LogP contribution in [0.1, 0.15) is 94.0 Å². The molecule has 0 saturated heterocycles. The van der Waals surface area contributed by atoms with Crippen LogP contribution in [0.25, 0.3) is 22.3 Å². The van der Waals surface area contributed by atoms with E-state index in [1.165, 1.54) is 49.4 Å². The number of rotatable bonds is 16. The van der Waals surface area contributed by atoms with Crippen LogP contribution in [0.3, 0.4) is 0 Å². The topological polar surface area (TPSA) is 49.4 Å². The van der Waals surface area contributed by atoms with Crippen LogP contribution in [0.4, 0.5) is 8.78 Å². The molecule has 0 aliphatic heterocycles. The Morgan fingerprint density at radius 3 is 2.00 bits per heavy atom. The first kappa shape index (κ1) is 29.3. The first-order valence-electron chi connectivity index (χ1n) is 14.0. The maximum atomic E-state index is 15.2. The van der Waals surface area contributed by atoms with Gasteiger partial charge in [0.2, 0.25) is 5.82 Å². The normalized spacial score (nSPS) is 11.1. The number of carboxylic acids is 1. The van der Waals surface area contributed by atoms with E-state index in [4.69, 9.17) is 4.74 Å². The maximum absolute atomic E-state index is 15.2. The van der Waals surface area contributed by atoms with Gasteiger partial charge in [0.25, 0.3) is 0 Å². The number of aromatic carboxylic acids is 1. The van der Waals surface area contributed by atoms with E-state index in [1.54, 1.807) is 12.1 Å². The number of halogens is 2. The number of unbranched alkanes of at least 4 members (excludes halogenated alkanes) is 8. The fourth-order valence-electron chi connectivity index (χ4n) is 4.66. The van der Waals surface area contributed by atoms with Gasteiger partial charge in [-0.1, -0.05) is 102 Å². The van der Waals surface area contributed by atoms with Crippen molar-refractivity contribution in [2.45, 2.75) is 84.5 Å². The molecule has 3 aromatic carbocycles. The highest BCUT2D eigenvalue weighted by atomic mass is 19.2. The molecule has 204 valence electrons. The van der Waals surface area contributed by atoms with Gasteiger partial charge in [-0.15, -0.1) is 0 Å². The minimum atomic E-state index is -1.45. The molecule has 0 N–H and O–H groups in total. The van der Waals surface area contributed by atoms with Gasteiger partial charge in [-0.05, 0) is 59.7 Å². The number of aryl methyl sites for hydroxylation is 1. The molecule has 0 bridgehead atoms. The Morgan fingerprint density at radius 1 is 0.711 bits per heavy atom. The van der Waals surface area contributed by atoms with E-state index in [0.29, 0.717) is 12.2 Å². The summed E-state index contributed by atoms with van der Waals surface area (Å²) in [5.74, 6) is -3.86. The SMILES string of the molecule is CCCCCCCOc1ccc(-c2cc(-c3ccc(CCCCCCC)cc3)ccc2C(=O)[O-])c(F)c1F. The van der Waals surface area contributed by atoms with E-state index in [1.807, 2.05) is 12.1 Å². The zero-order valence-electron chi connectivity index (χ0n) is 22.7. The van der Waals surface area contributed by atoms with Gasteiger partial charge < -0.3 is 14.6 Å². The van der Waals surface area contributed by atoms with E-state index in [9.17, 15) is 14.3 Å². The van der Waals surface area contributed by atoms with Crippen molar-refractivity contribution >= 4 is 5.97 Å². The van der Waals surface area contributed by atoms with Crippen LogP contribution in [-0.4, -0.2) is 12.6 Å². The Kier molecular flexibility index (Phi) is 11.8. The van der Waals surface area contributed by atoms with Gasteiger partial charge >= 0.3 is 0 Å². The maximum Gasteiger partial charge on any atom is 0.201 e. The number of carboxylic acid groups (broad SMARTS) is 1. The van der Waals surface area contributed by atoms with Gasteiger partial charge in [-0.3, -0.25) is 0 Å². The second-order valence-corrected chi connectivity index (χ2v) is 9.91. The molecule has 0 fully saturated rings. The van der Waals surface area contributed by atoms with Gasteiger partial charge in [0, 0.05) is 11.1 Å². The second kappa shape index (κ2) is 15.3. The second-order valence-electron chi connectivity index (χ2n) is 9.91. The molecular formula is C33H39F2O3-. The van der Waals surface area contributed by atoms with E-state index in [-0.39, 0.29) is 22.4 Å². The highest BCUT2D eigenvalue weighted by molar-refractivity contribution is 5.96. The lowest BCUT2D eigenvalue weighted by Gasteiger charge is -2.16. The van der Waals surface area contributed by atoms with Gasteiger partial charge in [-0.25, -0.2) is 4.39 Å². The van der Waals surface area contributed by atoms with Crippen LogP contribution < -0.4 is 9.84 Å². The molecule has 0 spiro atoms. The summed E-state index contributed by atoms with van der Waals surface area (Å²) in [6.45, 7) is 4.63. The summed E-state index contributed by atoms with van der Waals surface area (Å²) in [6, 6.07) is 15.5. The molecule has 0 amide bonds. The number of benzene rings is 3. The predicted octanol–water partition coefficient (Wildman–Crippen LogP) is 8.52. The molecule has 0 aromatic heterocycles. The van der Waals surface area contributed by atoms with Gasteiger partial charge in [0.1, 0.15) is 0 Å². The molecule has 0 saturated carbocycles. The van der Waals surface area contributed by atoms with Crippen molar-refractivity contribution in [1.29, 1.82) is 0 Å². The summed E-state index contributed by atoms with van der Waals surface area (Å²) in [5.41, 5.74) is 2.57. The standard InChI is InChI=1S/C33H40F2O3/c1-3-5-7-9-11-13-24-14-16-25(17-15-24)26-18-19-28(33(36)37)29(23-26)27-20-21-30(32(35)31(27)34)38-22-12-10-8-6-4-2/h14-21,23H,3-13,22H2,1-2H3,(H,36,37)/p-1. The molecule has 3 rings (SSSR count). The van der Waals surface area contributed by atoms with Crippen LogP contribution in [0.2, 0.25) is 0 Å². The molecule has 3 nitrogen and oxygen atoms in total.